The summed E-state index contributed by atoms with van der Waals surface area (Å²) in [4.78, 5) is 14.1. The van der Waals surface area contributed by atoms with Crippen molar-refractivity contribution >= 4 is 10.8 Å². The first-order valence-electron chi connectivity index (χ1n) is 9.53. The first-order valence-corrected chi connectivity index (χ1v) is 9.53. The second kappa shape index (κ2) is 7.04. The molecule has 2 heterocycles. The van der Waals surface area contributed by atoms with Crippen molar-refractivity contribution in [2.45, 2.75) is 32.7 Å². The van der Waals surface area contributed by atoms with Crippen LogP contribution in [-0.2, 0) is 13.6 Å². The number of hydrogen-bond acceptors (Lipinski definition) is 2. The molecule has 1 N–H and O–H groups in total. The van der Waals surface area contributed by atoms with Crippen molar-refractivity contribution in [2.75, 3.05) is 13.1 Å². The van der Waals surface area contributed by atoms with E-state index in [9.17, 15) is 4.79 Å². The number of rotatable bonds is 3. The summed E-state index contributed by atoms with van der Waals surface area (Å²) < 4.78 is 1.45. The van der Waals surface area contributed by atoms with Gasteiger partial charge in [-0.25, -0.2) is 4.68 Å². The number of nitrogens with zero attached hydrogens (tertiary/aromatic N) is 2. The number of aryl methyl sites for hydroxylation is 2. The van der Waals surface area contributed by atoms with Crippen LogP contribution in [0.5, 0.6) is 0 Å². The van der Waals surface area contributed by atoms with Crippen molar-refractivity contribution in [3.63, 3.8) is 0 Å². The highest BCUT2D eigenvalue weighted by atomic mass is 16.1. The Morgan fingerprint density at radius 2 is 1.77 bits per heavy atom. The molecule has 1 saturated heterocycles. The molecule has 1 aliphatic heterocycles. The summed E-state index contributed by atoms with van der Waals surface area (Å²) in [6, 6.07) is 14.4. The molecule has 4 rings (SSSR count). The number of likely N-dealkylation sites (tertiary alicyclic amines) is 1. The van der Waals surface area contributed by atoms with E-state index < -0.39 is 0 Å². The van der Waals surface area contributed by atoms with Crippen molar-refractivity contribution in [3.8, 4) is 11.3 Å². The number of hydrogen-bond donors (Lipinski definition) is 1. The molecule has 0 aliphatic carbocycles. The van der Waals surface area contributed by atoms with Crippen LogP contribution in [0.15, 0.2) is 47.3 Å². The topological polar surface area (TPSA) is 39.3 Å². The molecular weight excluding hydrogens is 322 g/mol. The van der Waals surface area contributed by atoms with E-state index in [0.717, 1.165) is 28.6 Å². The van der Waals surface area contributed by atoms with Gasteiger partial charge in [-0.1, -0.05) is 30.3 Å². The summed E-state index contributed by atoms with van der Waals surface area (Å²) in [5.41, 5.74) is 4.65. The van der Waals surface area contributed by atoms with Crippen LogP contribution in [0.1, 0.15) is 30.4 Å². The van der Waals surface area contributed by atoms with Crippen LogP contribution in [0.2, 0.25) is 0 Å². The summed E-state index contributed by atoms with van der Waals surface area (Å²) in [6.07, 6.45) is 4.04. The molecule has 0 amide bonds. The van der Waals surface area contributed by atoms with Crippen LogP contribution in [-0.4, -0.2) is 22.9 Å². The van der Waals surface area contributed by atoms with E-state index >= 15 is 0 Å². The number of piperidine rings is 1. The lowest BCUT2D eigenvalue weighted by atomic mass is 9.99. The van der Waals surface area contributed by atoms with Crippen molar-refractivity contribution in [3.05, 3.63) is 63.9 Å². The van der Waals surface area contributed by atoms with Gasteiger partial charge in [0.15, 0.2) is 0 Å². The minimum atomic E-state index is -0.0468. The summed E-state index contributed by atoms with van der Waals surface area (Å²) >= 11 is 0. The van der Waals surface area contributed by atoms with Crippen LogP contribution < -0.4 is 10.5 Å². The first-order chi connectivity index (χ1) is 12.6. The van der Waals surface area contributed by atoms with Gasteiger partial charge in [-0.05, 0) is 43.9 Å². The predicted molar refractivity (Wildman–Crippen MR) is 105 cm³/mol. The van der Waals surface area contributed by atoms with E-state index in [4.69, 9.17) is 0 Å². The lowest BCUT2D eigenvalue weighted by Crippen LogP contribution is -3.11. The lowest BCUT2D eigenvalue weighted by Gasteiger charge is -2.24. The van der Waals surface area contributed by atoms with E-state index in [1.54, 1.807) is 11.9 Å². The largest absolute Gasteiger partial charge is 0.331 e. The second-order valence-corrected chi connectivity index (χ2v) is 7.45. The zero-order chi connectivity index (χ0) is 18.1. The van der Waals surface area contributed by atoms with E-state index in [2.05, 4.69) is 30.2 Å². The maximum absolute atomic E-state index is 12.4. The summed E-state index contributed by atoms with van der Waals surface area (Å²) in [5.74, 6) is 0. The van der Waals surface area contributed by atoms with Crippen LogP contribution in [0.4, 0.5) is 0 Å². The monoisotopic (exact) mass is 348 g/mol. The maximum atomic E-state index is 12.4. The third-order valence-corrected chi connectivity index (χ3v) is 5.58. The molecule has 1 fully saturated rings. The molecule has 0 unspecified atom stereocenters. The van der Waals surface area contributed by atoms with E-state index in [0.29, 0.717) is 0 Å². The first kappa shape index (κ1) is 17.0. The SMILES string of the molecule is Cc1ccc(-c2nn(C)c(=O)c3ccccc23)cc1C[NH+]1CCCCC1. The Bertz CT molecular complexity index is 1000. The van der Waals surface area contributed by atoms with E-state index in [1.165, 1.54) is 48.2 Å². The van der Waals surface area contributed by atoms with Crippen LogP contribution in [0, 0.1) is 6.92 Å². The molecular formula is C22H26N3O+. The van der Waals surface area contributed by atoms with E-state index in [1.807, 2.05) is 24.3 Å². The fourth-order valence-corrected chi connectivity index (χ4v) is 4.02. The van der Waals surface area contributed by atoms with Crippen molar-refractivity contribution in [1.29, 1.82) is 0 Å². The molecule has 134 valence electrons. The van der Waals surface area contributed by atoms with Gasteiger partial charge in [-0.3, -0.25) is 4.79 Å². The lowest BCUT2D eigenvalue weighted by molar-refractivity contribution is -0.918. The van der Waals surface area contributed by atoms with Crippen molar-refractivity contribution in [1.82, 2.24) is 9.78 Å². The van der Waals surface area contributed by atoms with Gasteiger partial charge in [0.25, 0.3) is 5.56 Å². The van der Waals surface area contributed by atoms with Gasteiger partial charge in [0.2, 0.25) is 0 Å². The van der Waals surface area contributed by atoms with Gasteiger partial charge in [0.1, 0.15) is 6.54 Å². The highest BCUT2D eigenvalue weighted by Gasteiger charge is 2.17. The molecule has 4 heteroatoms. The fraction of sp³-hybridized carbons (Fsp3) is 0.364. The Kier molecular flexibility index (Phi) is 4.60. The summed E-state index contributed by atoms with van der Waals surface area (Å²) in [6.45, 7) is 5.80. The standard InChI is InChI=1S/C22H25N3O/c1-16-10-11-17(14-18(16)15-25-12-6-3-7-13-25)21-19-8-4-5-9-20(19)22(26)24(2)23-21/h4-5,8-11,14H,3,6-7,12-13,15H2,1-2H3/p+1. The third-order valence-electron chi connectivity index (χ3n) is 5.58. The summed E-state index contributed by atoms with van der Waals surface area (Å²) in [5, 5.41) is 6.24. The molecule has 1 aromatic heterocycles. The molecule has 0 saturated carbocycles. The van der Waals surface area contributed by atoms with Gasteiger partial charge in [-0.15, -0.1) is 0 Å². The van der Waals surface area contributed by atoms with Gasteiger partial charge in [0, 0.05) is 23.6 Å². The van der Waals surface area contributed by atoms with E-state index in [-0.39, 0.29) is 5.56 Å². The summed E-state index contributed by atoms with van der Waals surface area (Å²) in [7, 11) is 1.73. The Morgan fingerprint density at radius 1 is 1.04 bits per heavy atom. The number of fused-ring (bicyclic) bond motifs is 1. The molecule has 0 radical (unpaired) electrons. The Labute approximate surface area is 154 Å². The quantitative estimate of drug-likeness (QED) is 0.790. The Balaban J connectivity index is 1.79. The highest BCUT2D eigenvalue weighted by molar-refractivity contribution is 5.93. The molecule has 3 aromatic rings. The maximum Gasteiger partial charge on any atom is 0.274 e. The highest BCUT2D eigenvalue weighted by Crippen LogP contribution is 2.26. The molecule has 0 atom stereocenters. The van der Waals surface area contributed by atoms with Gasteiger partial charge in [-0.2, -0.15) is 5.10 Å². The van der Waals surface area contributed by atoms with Crippen LogP contribution in [0.25, 0.3) is 22.0 Å². The van der Waals surface area contributed by atoms with Crippen LogP contribution >= 0.6 is 0 Å². The number of quaternary nitrogens is 1. The number of benzene rings is 2. The zero-order valence-corrected chi connectivity index (χ0v) is 15.6. The smallest absolute Gasteiger partial charge is 0.274 e. The average molecular weight is 348 g/mol. The third kappa shape index (κ3) is 3.17. The zero-order valence-electron chi connectivity index (χ0n) is 15.6. The molecule has 0 bridgehead atoms. The molecule has 1 aliphatic rings. The molecule has 2 aromatic carbocycles. The molecule has 26 heavy (non-hydrogen) atoms. The van der Waals surface area contributed by atoms with Gasteiger partial charge >= 0.3 is 0 Å². The van der Waals surface area contributed by atoms with Crippen molar-refractivity contribution in [2.24, 2.45) is 7.05 Å². The number of aromatic nitrogens is 2. The Morgan fingerprint density at radius 3 is 2.54 bits per heavy atom. The predicted octanol–water partition coefficient (Wildman–Crippen LogP) is 2.48. The van der Waals surface area contributed by atoms with Gasteiger partial charge < -0.3 is 4.90 Å². The molecule has 4 nitrogen and oxygen atoms in total. The van der Waals surface area contributed by atoms with Gasteiger partial charge in [0.05, 0.1) is 24.2 Å². The van der Waals surface area contributed by atoms with Crippen molar-refractivity contribution < 1.29 is 4.90 Å². The fourth-order valence-electron chi connectivity index (χ4n) is 4.02. The normalized spacial score (nSPS) is 15.5. The van der Waals surface area contributed by atoms with Crippen LogP contribution in [0.3, 0.4) is 0 Å². The minimum absolute atomic E-state index is 0.0468. The minimum Gasteiger partial charge on any atom is -0.331 e. The average Bonchev–Trinajstić information content (AvgIpc) is 2.67. The molecule has 0 spiro atoms. The number of nitrogens with one attached hydrogen (secondary N) is 1. The Hall–Kier alpha value is -2.46. The second-order valence-electron chi connectivity index (χ2n) is 7.45.